The number of halogens is 4. The van der Waals surface area contributed by atoms with Crippen LogP contribution in [0.15, 0.2) is 59.1 Å². The fourth-order valence-corrected chi connectivity index (χ4v) is 2.08. The lowest BCUT2D eigenvalue weighted by Gasteiger charge is -2.05. The minimum Gasteiger partial charge on any atom is -0.289 e. The summed E-state index contributed by atoms with van der Waals surface area (Å²) in [5.41, 5.74) is -0.512. The molecule has 0 atom stereocenters. The van der Waals surface area contributed by atoms with Gasteiger partial charge >= 0.3 is 6.18 Å². The van der Waals surface area contributed by atoms with E-state index >= 15 is 0 Å². The Labute approximate surface area is 127 Å². The lowest BCUT2D eigenvalue weighted by Crippen LogP contribution is -2.04. The average molecular weight is 327 g/mol. The van der Waals surface area contributed by atoms with Crippen molar-refractivity contribution in [3.63, 3.8) is 0 Å². The molecule has 2 rings (SSSR count). The SMILES string of the molecule is O=C(/C=C/Sc1ccc(C(F)(F)F)cn1)c1ccc(F)cc1. The maximum absolute atomic E-state index is 12.7. The topological polar surface area (TPSA) is 30.0 Å². The van der Waals surface area contributed by atoms with Crippen LogP contribution in [0.1, 0.15) is 15.9 Å². The zero-order valence-corrected chi connectivity index (χ0v) is 11.8. The summed E-state index contributed by atoms with van der Waals surface area (Å²) in [6.45, 7) is 0. The minimum absolute atomic E-state index is 0.318. The van der Waals surface area contributed by atoms with Crippen molar-refractivity contribution in [3.8, 4) is 0 Å². The smallest absolute Gasteiger partial charge is 0.289 e. The number of benzene rings is 1. The summed E-state index contributed by atoms with van der Waals surface area (Å²) in [7, 11) is 0. The highest BCUT2D eigenvalue weighted by atomic mass is 32.2. The Bertz CT molecular complexity index is 678. The number of rotatable bonds is 4. The van der Waals surface area contributed by atoms with Gasteiger partial charge in [-0.05, 0) is 47.9 Å². The van der Waals surface area contributed by atoms with Gasteiger partial charge in [-0.1, -0.05) is 11.8 Å². The number of alkyl halides is 3. The van der Waals surface area contributed by atoms with Crippen LogP contribution in [0.4, 0.5) is 17.6 Å². The Morgan fingerprint density at radius 3 is 2.32 bits per heavy atom. The molecule has 1 aromatic heterocycles. The van der Waals surface area contributed by atoms with Crippen molar-refractivity contribution in [3.05, 3.63) is 71.0 Å². The summed E-state index contributed by atoms with van der Waals surface area (Å²) in [5, 5.41) is 1.75. The van der Waals surface area contributed by atoms with E-state index in [9.17, 15) is 22.4 Å². The number of thioether (sulfide) groups is 1. The van der Waals surface area contributed by atoms with Crippen LogP contribution in [0.2, 0.25) is 0 Å². The second-order valence-electron chi connectivity index (χ2n) is 4.17. The van der Waals surface area contributed by atoms with Crippen LogP contribution in [0.5, 0.6) is 0 Å². The van der Waals surface area contributed by atoms with Crippen molar-refractivity contribution in [2.75, 3.05) is 0 Å². The third-order valence-electron chi connectivity index (χ3n) is 2.60. The minimum atomic E-state index is -4.43. The van der Waals surface area contributed by atoms with Gasteiger partial charge < -0.3 is 0 Å². The van der Waals surface area contributed by atoms with Crippen molar-refractivity contribution < 1.29 is 22.4 Å². The van der Waals surface area contributed by atoms with Crippen LogP contribution in [-0.2, 0) is 6.18 Å². The highest BCUT2D eigenvalue weighted by Gasteiger charge is 2.30. The molecular formula is C15H9F4NOS. The molecule has 2 nitrogen and oxygen atoms in total. The van der Waals surface area contributed by atoms with E-state index in [1.807, 2.05) is 0 Å². The van der Waals surface area contributed by atoms with Crippen LogP contribution < -0.4 is 0 Å². The summed E-state index contributed by atoms with van der Waals surface area (Å²) >= 11 is 1.01. The van der Waals surface area contributed by atoms with Crippen LogP contribution in [0.25, 0.3) is 0 Å². The van der Waals surface area contributed by atoms with E-state index in [0.29, 0.717) is 10.6 Å². The second kappa shape index (κ2) is 6.74. The molecule has 0 amide bonds. The lowest BCUT2D eigenvalue weighted by molar-refractivity contribution is -0.137. The van der Waals surface area contributed by atoms with Gasteiger partial charge in [-0.15, -0.1) is 0 Å². The van der Waals surface area contributed by atoms with Crippen molar-refractivity contribution >= 4 is 17.5 Å². The van der Waals surface area contributed by atoms with Gasteiger partial charge in [0, 0.05) is 11.8 Å². The zero-order valence-electron chi connectivity index (χ0n) is 11.0. The van der Waals surface area contributed by atoms with Crippen LogP contribution in [0.3, 0.4) is 0 Å². The van der Waals surface area contributed by atoms with E-state index < -0.39 is 17.6 Å². The van der Waals surface area contributed by atoms with Crippen LogP contribution in [0, 0.1) is 5.82 Å². The van der Waals surface area contributed by atoms with Gasteiger partial charge in [0.25, 0.3) is 0 Å². The molecule has 0 unspecified atom stereocenters. The number of nitrogens with zero attached hydrogens (tertiary/aromatic N) is 1. The molecular weight excluding hydrogens is 318 g/mol. The van der Waals surface area contributed by atoms with Gasteiger partial charge in [-0.25, -0.2) is 9.37 Å². The van der Waals surface area contributed by atoms with Crippen molar-refractivity contribution in [1.82, 2.24) is 4.98 Å². The fourth-order valence-electron chi connectivity index (χ4n) is 1.49. The van der Waals surface area contributed by atoms with Crippen molar-refractivity contribution in [1.29, 1.82) is 0 Å². The van der Waals surface area contributed by atoms with Gasteiger partial charge in [-0.3, -0.25) is 4.79 Å². The molecule has 0 saturated carbocycles. The van der Waals surface area contributed by atoms with E-state index in [-0.39, 0.29) is 5.78 Å². The summed E-state index contributed by atoms with van der Waals surface area (Å²) in [4.78, 5) is 15.4. The normalized spacial score (nSPS) is 11.8. The highest BCUT2D eigenvalue weighted by molar-refractivity contribution is 8.02. The largest absolute Gasteiger partial charge is 0.417 e. The first-order valence-electron chi connectivity index (χ1n) is 6.02. The Balaban J connectivity index is 1.97. The average Bonchev–Trinajstić information content (AvgIpc) is 2.47. The monoisotopic (exact) mass is 327 g/mol. The molecule has 0 spiro atoms. The third kappa shape index (κ3) is 4.42. The number of allylic oxidation sites excluding steroid dienone is 1. The maximum atomic E-state index is 12.7. The Morgan fingerprint density at radius 2 is 1.77 bits per heavy atom. The molecule has 7 heteroatoms. The molecule has 0 aliphatic rings. The molecule has 114 valence electrons. The predicted octanol–water partition coefficient (Wildman–Crippen LogP) is 4.73. The molecule has 0 N–H and O–H groups in total. The van der Waals surface area contributed by atoms with Gasteiger partial charge in [0.05, 0.1) is 5.56 Å². The van der Waals surface area contributed by atoms with Crippen molar-refractivity contribution in [2.24, 2.45) is 0 Å². The van der Waals surface area contributed by atoms with E-state index in [2.05, 4.69) is 4.98 Å². The maximum Gasteiger partial charge on any atom is 0.417 e. The van der Waals surface area contributed by atoms with Gasteiger partial charge in [0.2, 0.25) is 0 Å². The standard InChI is InChI=1S/C15H9F4NOS/c16-12-4-1-10(2-5-12)13(21)7-8-22-14-6-3-11(9-20-14)15(17,18)19/h1-9H/b8-7+. The Hall–Kier alpha value is -2.15. The molecule has 1 aromatic carbocycles. The lowest BCUT2D eigenvalue weighted by atomic mass is 10.1. The summed E-state index contributed by atoms with van der Waals surface area (Å²) < 4.78 is 49.8. The number of carbonyl (C=O) groups excluding carboxylic acids is 1. The molecule has 0 radical (unpaired) electrons. The van der Waals surface area contributed by atoms with Crippen LogP contribution in [-0.4, -0.2) is 10.8 Å². The molecule has 0 bridgehead atoms. The molecule has 0 saturated heterocycles. The zero-order chi connectivity index (χ0) is 16.2. The van der Waals surface area contributed by atoms with Gasteiger partial charge in [0.15, 0.2) is 5.78 Å². The number of pyridine rings is 1. The van der Waals surface area contributed by atoms with E-state index in [0.717, 1.165) is 24.0 Å². The Morgan fingerprint density at radius 1 is 1.09 bits per heavy atom. The first-order valence-corrected chi connectivity index (χ1v) is 6.90. The highest BCUT2D eigenvalue weighted by Crippen LogP contribution is 2.29. The second-order valence-corrected chi connectivity index (χ2v) is 5.10. The van der Waals surface area contributed by atoms with Crippen molar-refractivity contribution in [2.45, 2.75) is 11.2 Å². The quantitative estimate of drug-likeness (QED) is 0.352. The number of carbonyl (C=O) groups is 1. The summed E-state index contributed by atoms with van der Waals surface area (Å²) in [5.74, 6) is -0.775. The molecule has 2 aromatic rings. The summed E-state index contributed by atoms with van der Waals surface area (Å²) in [6.07, 6.45) is -2.44. The molecule has 0 fully saturated rings. The number of hydrogen-bond donors (Lipinski definition) is 0. The molecule has 1 heterocycles. The first kappa shape index (κ1) is 16.2. The fraction of sp³-hybridized carbons (Fsp3) is 0.0667. The first-order chi connectivity index (χ1) is 10.4. The number of aromatic nitrogens is 1. The molecule has 0 aliphatic heterocycles. The predicted molar refractivity (Wildman–Crippen MR) is 75.0 cm³/mol. The third-order valence-corrected chi connectivity index (χ3v) is 3.36. The van der Waals surface area contributed by atoms with Gasteiger partial charge in [-0.2, -0.15) is 13.2 Å². The summed E-state index contributed by atoms with van der Waals surface area (Å²) in [6, 6.07) is 7.19. The van der Waals surface area contributed by atoms with Crippen LogP contribution >= 0.6 is 11.8 Å². The number of ketones is 1. The molecule has 0 aliphatic carbocycles. The Kier molecular flexibility index (Phi) is 4.97. The van der Waals surface area contributed by atoms with E-state index in [1.54, 1.807) is 0 Å². The molecule has 22 heavy (non-hydrogen) atoms. The van der Waals surface area contributed by atoms with Gasteiger partial charge in [0.1, 0.15) is 10.8 Å². The van der Waals surface area contributed by atoms with E-state index in [1.165, 1.54) is 41.8 Å². The van der Waals surface area contributed by atoms with E-state index in [4.69, 9.17) is 0 Å². The number of hydrogen-bond acceptors (Lipinski definition) is 3.